The zero-order chi connectivity index (χ0) is 25.9. The van der Waals surface area contributed by atoms with E-state index in [0.717, 1.165) is 70.6 Å². The van der Waals surface area contributed by atoms with Crippen LogP contribution in [0.2, 0.25) is 0 Å². The normalized spacial score (nSPS) is 34.2. The van der Waals surface area contributed by atoms with Crippen LogP contribution in [-0.2, 0) is 24.1 Å². The molecule has 0 aromatic heterocycles. The quantitative estimate of drug-likeness (QED) is 0.516. The largest absolute Gasteiger partial charge is 0.446 e. The molecule has 1 heterocycles. The van der Waals surface area contributed by atoms with Crippen molar-refractivity contribution in [2.45, 2.75) is 121 Å². The molecule has 0 spiro atoms. The Kier molecular flexibility index (Phi) is 9.23. The smallest absolute Gasteiger partial charge is 0.410 e. The summed E-state index contributed by atoms with van der Waals surface area (Å²) in [6.45, 7) is 4.52. The Bertz CT molecular complexity index is 865. The second-order valence-electron chi connectivity index (χ2n) is 11.8. The molecule has 3 aliphatic carbocycles. The van der Waals surface area contributed by atoms with E-state index in [1.807, 2.05) is 9.80 Å². The molecule has 1 saturated heterocycles. The molecule has 4 atom stereocenters. The summed E-state index contributed by atoms with van der Waals surface area (Å²) in [6.07, 6.45) is 13.6. The van der Waals surface area contributed by atoms with E-state index in [9.17, 15) is 18.0 Å². The molecule has 1 aliphatic heterocycles. The molecule has 3 saturated carbocycles. The summed E-state index contributed by atoms with van der Waals surface area (Å²) in [6, 6.07) is 0.0828. The maximum absolute atomic E-state index is 13.4. The molecule has 0 aromatic rings. The average Bonchev–Trinajstić information content (AvgIpc) is 2.83. The second-order valence-corrected chi connectivity index (χ2v) is 14.1. The molecule has 4 fully saturated rings. The average molecular weight is 527 g/mol. The van der Waals surface area contributed by atoms with Crippen LogP contribution in [0.25, 0.3) is 0 Å². The molecule has 0 bridgehead atoms. The maximum atomic E-state index is 13.4. The number of piperazine rings is 1. The predicted molar refractivity (Wildman–Crippen MR) is 138 cm³/mol. The highest BCUT2D eigenvalue weighted by molar-refractivity contribution is 7.90. The minimum absolute atomic E-state index is 0.00118. The molecule has 0 N–H and O–H groups in total. The number of carbonyl (C=O) groups excluding carboxylic acids is 2. The van der Waals surface area contributed by atoms with Gasteiger partial charge in [0.2, 0.25) is 5.91 Å². The molecule has 9 heteroatoms. The highest BCUT2D eigenvalue weighted by atomic mass is 32.2. The zero-order valence-electron chi connectivity index (χ0n) is 22.4. The van der Waals surface area contributed by atoms with E-state index in [-0.39, 0.29) is 54.7 Å². The van der Waals surface area contributed by atoms with Gasteiger partial charge in [-0.1, -0.05) is 6.42 Å². The van der Waals surface area contributed by atoms with Crippen LogP contribution in [0.5, 0.6) is 0 Å². The Hall–Kier alpha value is -1.35. The number of nitrogens with zero attached hydrogens (tertiary/aromatic N) is 2. The SMILES string of the molecule is CC(=O)N1C2CCC(C3CCC(OCCS(C)(=O)=O)CC3)CC2N(C(=O)OC2CCCCC2)C[C@@H]1C. The summed E-state index contributed by atoms with van der Waals surface area (Å²) < 4.78 is 34.6. The third-order valence-corrected chi connectivity index (χ3v) is 10.0. The van der Waals surface area contributed by atoms with Gasteiger partial charge in [-0.2, -0.15) is 0 Å². The second kappa shape index (κ2) is 12.0. The first-order chi connectivity index (χ1) is 17.1. The molecular formula is C27H46N2O6S. The number of ether oxygens (including phenoxy) is 2. The number of rotatable bonds is 6. The molecule has 0 radical (unpaired) electrons. The monoisotopic (exact) mass is 526 g/mol. The number of amides is 2. The van der Waals surface area contributed by atoms with Crippen molar-refractivity contribution < 1.29 is 27.5 Å². The van der Waals surface area contributed by atoms with Gasteiger partial charge >= 0.3 is 6.09 Å². The number of hydrogen-bond acceptors (Lipinski definition) is 6. The van der Waals surface area contributed by atoms with Gasteiger partial charge in [0.25, 0.3) is 0 Å². The van der Waals surface area contributed by atoms with Crippen LogP contribution in [0.3, 0.4) is 0 Å². The fourth-order valence-electron chi connectivity index (χ4n) is 7.32. The molecule has 4 aliphatic rings. The third-order valence-electron chi connectivity index (χ3n) is 9.13. The molecule has 4 rings (SSSR count). The van der Waals surface area contributed by atoms with Crippen molar-refractivity contribution in [3.8, 4) is 0 Å². The highest BCUT2D eigenvalue weighted by Crippen LogP contribution is 2.43. The summed E-state index contributed by atoms with van der Waals surface area (Å²) >= 11 is 0. The van der Waals surface area contributed by atoms with E-state index >= 15 is 0 Å². The van der Waals surface area contributed by atoms with Gasteiger partial charge in [0, 0.05) is 25.8 Å². The van der Waals surface area contributed by atoms with E-state index in [0.29, 0.717) is 18.4 Å². The first-order valence-electron chi connectivity index (χ1n) is 14.2. The van der Waals surface area contributed by atoms with Crippen molar-refractivity contribution in [2.24, 2.45) is 11.8 Å². The van der Waals surface area contributed by atoms with Gasteiger partial charge in [-0.25, -0.2) is 13.2 Å². The summed E-state index contributed by atoms with van der Waals surface area (Å²) in [4.78, 5) is 29.9. The van der Waals surface area contributed by atoms with Crippen molar-refractivity contribution in [3.05, 3.63) is 0 Å². The van der Waals surface area contributed by atoms with E-state index in [4.69, 9.17) is 9.47 Å². The topological polar surface area (TPSA) is 93.2 Å². The van der Waals surface area contributed by atoms with E-state index < -0.39 is 9.84 Å². The van der Waals surface area contributed by atoms with Gasteiger partial charge in [0.1, 0.15) is 15.9 Å². The van der Waals surface area contributed by atoms with Gasteiger partial charge < -0.3 is 19.3 Å². The number of sulfone groups is 1. The first-order valence-corrected chi connectivity index (χ1v) is 16.2. The minimum Gasteiger partial charge on any atom is -0.446 e. The van der Waals surface area contributed by atoms with Crippen molar-refractivity contribution in [1.29, 1.82) is 0 Å². The predicted octanol–water partition coefficient (Wildman–Crippen LogP) is 4.17. The molecule has 3 unspecified atom stereocenters. The highest BCUT2D eigenvalue weighted by Gasteiger charge is 2.48. The van der Waals surface area contributed by atoms with Crippen LogP contribution >= 0.6 is 0 Å². The lowest BCUT2D eigenvalue weighted by atomic mass is 9.69. The van der Waals surface area contributed by atoms with Crippen molar-refractivity contribution >= 4 is 21.8 Å². The molecule has 0 aromatic carbocycles. The summed E-state index contributed by atoms with van der Waals surface area (Å²) in [7, 11) is -3.00. The molecule has 206 valence electrons. The lowest BCUT2D eigenvalue weighted by Crippen LogP contribution is -2.67. The number of hydrogen-bond donors (Lipinski definition) is 0. The Balaban J connectivity index is 1.37. The molecule has 8 nitrogen and oxygen atoms in total. The van der Waals surface area contributed by atoms with Crippen molar-refractivity contribution in [3.63, 3.8) is 0 Å². The molecule has 2 amide bonds. The number of carbonyl (C=O) groups is 2. The minimum atomic E-state index is -3.00. The first kappa shape index (κ1) is 27.7. The summed E-state index contributed by atoms with van der Waals surface area (Å²) in [5.74, 6) is 1.29. The Labute approximate surface area is 217 Å². The van der Waals surface area contributed by atoms with Gasteiger partial charge in [0.05, 0.1) is 30.5 Å². The lowest BCUT2D eigenvalue weighted by Gasteiger charge is -2.54. The molecular weight excluding hydrogens is 480 g/mol. The summed E-state index contributed by atoms with van der Waals surface area (Å²) in [5, 5.41) is 0. The standard InChI is InChI=1S/C27H46N2O6S/c1-19-18-28(27(31)35-24-7-5-4-6-8-24)26-17-22(11-14-25(26)29(19)20(2)30)21-9-12-23(13-10-21)34-15-16-36(3,32)33/h19,21-26H,4-18H2,1-3H3/t19-,21?,22?,23?,25?,26?/m0/s1. The fourth-order valence-corrected chi connectivity index (χ4v) is 7.72. The van der Waals surface area contributed by atoms with Crippen molar-refractivity contribution in [2.75, 3.05) is 25.2 Å². The third kappa shape index (κ3) is 6.94. The van der Waals surface area contributed by atoms with Crippen LogP contribution in [0.4, 0.5) is 4.79 Å². The van der Waals surface area contributed by atoms with Gasteiger partial charge in [-0.15, -0.1) is 0 Å². The Morgan fingerprint density at radius 1 is 0.861 bits per heavy atom. The van der Waals surface area contributed by atoms with E-state index in [1.165, 1.54) is 12.7 Å². The van der Waals surface area contributed by atoms with E-state index in [1.54, 1.807) is 6.92 Å². The van der Waals surface area contributed by atoms with Gasteiger partial charge in [0.15, 0.2) is 0 Å². The van der Waals surface area contributed by atoms with Crippen LogP contribution in [0, 0.1) is 11.8 Å². The fraction of sp³-hybridized carbons (Fsp3) is 0.926. The van der Waals surface area contributed by atoms with Gasteiger partial charge in [-0.05, 0) is 89.4 Å². The van der Waals surface area contributed by atoms with Crippen LogP contribution in [0.1, 0.15) is 90.9 Å². The Morgan fingerprint density at radius 3 is 2.17 bits per heavy atom. The van der Waals surface area contributed by atoms with Crippen LogP contribution in [0.15, 0.2) is 0 Å². The van der Waals surface area contributed by atoms with Crippen LogP contribution < -0.4 is 0 Å². The lowest BCUT2D eigenvalue weighted by molar-refractivity contribution is -0.143. The van der Waals surface area contributed by atoms with Crippen LogP contribution in [-0.4, -0.2) is 85.7 Å². The van der Waals surface area contributed by atoms with Crippen molar-refractivity contribution in [1.82, 2.24) is 9.80 Å². The van der Waals surface area contributed by atoms with E-state index in [2.05, 4.69) is 6.92 Å². The maximum Gasteiger partial charge on any atom is 0.410 e. The summed E-state index contributed by atoms with van der Waals surface area (Å²) in [5.41, 5.74) is 0. The zero-order valence-corrected chi connectivity index (χ0v) is 23.2. The molecule has 36 heavy (non-hydrogen) atoms. The number of fused-ring (bicyclic) bond motifs is 1. The van der Waals surface area contributed by atoms with Gasteiger partial charge in [-0.3, -0.25) is 4.79 Å². The Morgan fingerprint density at radius 2 is 1.53 bits per heavy atom.